The summed E-state index contributed by atoms with van der Waals surface area (Å²) < 4.78 is 2.50. The van der Waals surface area contributed by atoms with Gasteiger partial charge in [-0.3, -0.25) is 0 Å². The zero-order valence-corrected chi connectivity index (χ0v) is 11.3. The fourth-order valence-electron chi connectivity index (χ4n) is 1.93. The Morgan fingerprint density at radius 1 is 1.06 bits per heavy atom. The molecule has 0 atom stereocenters. The number of hydrogen-bond acceptors (Lipinski definition) is 2. The topological polar surface area (TPSA) is 3.24 Å². The van der Waals surface area contributed by atoms with Crippen molar-refractivity contribution in [2.45, 2.75) is 38.5 Å². The van der Waals surface area contributed by atoms with E-state index in [0.29, 0.717) is 5.41 Å². The maximum atomic E-state index is 2.50. The average Bonchev–Trinajstić information content (AvgIpc) is 2.24. The molecular formula is C14H21NS. The van der Waals surface area contributed by atoms with E-state index in [2.05, 4.69) is 49.3 Å². The van der Waals surface area contributed by atoms with Crippen LogP contribution in [0.5, 0.6) is 0 Å². The summed E-state index contributed by atoms with van der Waals surface area (Å²) >= 11 is 1.91. The van der Waals surface area contributed by atoms with Crippen molar-refractivity contribution in [2.75, 3.05) is 13.1 Å². The van der Waals surface area contributed by atoms with E-state index >= 15 is 0 Å². The van der Waals surface area contributed by atoms with Gasteiger partial charge in [0, 0.05) is 18.0 Å². The third-order valence-corrected chi connectivity index (χ3v) is 4.44. The summed E-state index contributed by atoms with van der Waals surface area (Å²) in [5.74, 6) is 0. The molecule has 0 aromatic heterocycles. The molecule has 0 saturated carbocycles. The molecule has 0 amide bonds. The maximum Gasteiger partial charge on any atom is 0.0230 e. The second-order valence-corrected chi connectivity index (χ2v) is 6.67. The normalized spacial score (nSPS) is 20.9. The molecule has 0 radical (unpaired) electrons. The predicted molar refractivity (Wildman–Crippen MR) is 71.6 cm³/mol. The molecule has 0 aliphatic carbocycles. The summed E-state index contributed by atoms with van der Waals surface area (Å²) in [6.45, 7) is 9.32. The Hall–Kier alpha value is -0.470. The first-order valence-corrected chi connectivity index (χ1v) is 6.82. The largest absolute Gasteiger partial charge is 0.246 e. The van der Waals surface area contributed by atoms with Gasteiger partial charge in [-0.2, -0.15) is 0 Å². The van der Waals surface area contributed by atoms with Crippen molar-refractivity contribution >= 4 is 11.9 Å². The Bertz CT molecular complexity index is 332. The predicted octanol–water partition coefficient (Wildman–Crippen LogP) is 4.12. The van der Waals surface area contributed by atoms with E-state index in [0.717, 1.165) is 0 Å². The van der Waals surface area contributed by atoms with Gasteiger partial charge in [-0.15, -0.1) is 0 Å². The first-order valence-electron chi connectivity index (χ1n) is 6.05. The lowest BCUT2D eigenvalue weighted by Gasteiger charge is -2.36. The molecule has 1 fully saturated rings. The molecule has 2 heteroatoms. The molecule has 0 spiro atoms. The number of benzene rings is 1. The average molecular weight is 235 g/mol. The minimum Gasteiger partial charge on any atom is -0.246 e. The highest BCUT2D eigenvalue weighted by atomic mass is 32.2. The van der Waals surface area contributed by atoms with Crippen LogP contribution in [0, 0.1) is 12.3 Å². The van der Waals surface area contributed by atoms with Crippen LogP contribution in [0.25, 0.3) is 0 Å². The van der Waals surface area contributed by atoms with E-state index in [1.807, 2.05) is 11.9 Å². The van der Waals surface area contributed by atoms with E-state index in [-0.39, 0.29) is 0 Å². The van der Waals surface area contributed by atoms with Crippen molar-refractivity contribution in [1.29, 1.82) is 0 Å². The van der Waals surface area contributed by atoms with Crippen molar-refractivity contribution in [1.82, 2.24) is 4.31 Å². The Morgan fingerprint density at radius 2 is 1.62 bits per heavy atom. The summed E-state index contributed by atoms with van der Waals surface area (Å²) in [5, 5.41) is 0. The van der Waals surface area contributed by atoms with E-state index in [9.17, 15) is 0 Å². The second-order valence-electron chi connectivity index (χ2n) is 5.50. The lowest BCUT2D eigenvalue weighted by atomic mass is 9.83. The maximum absolute atomic E-state index is 2.50. The summed E-state index contributed by atoms with van der Waals surface area (Å²) in [6.07, 6.45) is 2.62. The Morgan fingerprint density at radius 3 is 2.19 bits per heavy atom. The molecule has 1 nitrogen and oxygen atoms in total. The van der Waals surface area contributed by atoms with Gasteiger partial charge in [0.2, 0.25) is 0 Å². The van der Waals surface area contributed by atoms with Gasteiger partial charge in [0.25, 0.3) is 0 Å². The smallest absolute Gasteiger partial charge is 0.0230 e. The van der Waals surface area contributed by atoms with Crippen LogP contribution < -0.4 is 0 Å². The van der Waals surface area contributed by atoms with Gasteiger partial charge in [-0.1, -0.05) is 31.5 Å². The van der Waals surface area contributed by atoms with Gasteiger partial charge >= 0.3 is 0 Å². The number of rotatable bonds is 2. The Labute approximate surface area is 103 Å². The third-order valence-electron chi connectivity index (χ3n) is 3.33. The molecule has 0 bridgehead atoms. The van der Waals surface area contributed by atoms with Crippen molar-refractivity contribution in [3.8, 4) is 0 Å². The summed E-state index contributed by atoms with van der Waals surface area (Å²) in [5.41, 5.74) is 1.88. The van der Waals surface area contributed by atoms with Gasteiger partial charge in [0.05, 0.1) is 0 Å². The van der Waals surface area contributed by atoms with Crippen LogP contribution in [0.3, 0.4) is 0 Å². The number of aryl methyl sites for hydroxylation is 1. The van der Waals surface area contributed by atoms with Crippen LogP contribution in [-0.4, -0.2) is 17.4 Å². The molecule has 2 rings (SSSR count). The minimum atomic E-state index is 0.546. The fourth-order valence-corrected chi connectivity index (χ4v) is 2.85. The van der Waals surface area contributed by atoms with Gasteiger partial charge in [0.1, 0.15) is 0 Å². The molecular weight excluding hydrogens is 214 g/mol. The highest BCUT2D eigenvalue weighted by Crippen LogP contribution is 2.34. The lowest BCUT2D eigenvalue weighted by molar-refractivity contribution is 0.205. The molecule has 1 aliphatic heterocycles. The highest BCUT2D eigenvalue weighted by molar-refractivity contribution is 7.97. The van der Waals surface area contributed by atoms with E-state index in [1.165, 1.54) is 36.4 Å². The van der Waals surface area contributed by atoms with Crippen molar-refractivity contribution in [3.05, 3.63) is 29.8 Å². The Balaban J connectivity index is 1.89. The Kier molecular flexibility index (Phi) is 3.60. The van der Waals surface area contributed by atoms with E-state index in [4.69, 9.17) is 0 Å². The van der Waals surface area contributed by atoms with Crippen LogP contribution in [0.1, 0.15) is 32.3 Å². The van der Waals surface area contributed by atoms with Crippen LogP contribution in [0.4, 0.5) is 0 Å². The second kappa shape index (κ2) is 4.80. The fraction of sp³-hybridized carbons (Fsp3) is 0.571. The van der Waals surface area contributed by atoms with E-state index in [1.54, 1.807) is 0 Å². The molecule has 1 aromatic rings. The highest BCUT2D eigenvalue weighted by Gasteiger charge is 2.25. The first kappa shape index (κ1) is 12.0. The van der Waals surface area contributed by atoms with Crippen molar-refractivity contribution < 1.29 is 0 Å². The van der Waals surface area contributed by atoms with Gasteiger partial charge in [-0.05, 0) is 49.3 Å². The lowest BCUT2D eigenvalue weighted by Crippen LogP contribution is -2.32. The SMILES string of the molecule is Cc1ccc(SN2CCC(C)(C)CC2)cc1. The number of piperidine rings is 1. The van der Waals surface area contributed by atoms with Gasteiger partial charge < -0.3 is 0 Å². The van der Waals surface area contributed by atoms with Crippen LogP contribution in [-0.2, 0) is 0 Å². The van der Waals surface area contributed by atoms with Crippen LogP contribution in [0.2, 0.25) is 0 Å². The van der Waals surface area contributed by atoms with Crippen LogP contribution >= 0.6 is 11.9 Å². The summed E-state index contributed by atoms with van der Waals surface area (Å²) in [7, 11) is 0. The third kappa shape index (κ3) is 3.26. The van der Waals surface area contributed by atoms with Crippen molar-refractivity contribution in [2.24, 2.45) is 5.41 Å². The van der Waals surface area contributed by atoms with Gasteiger partial charge in [0.15, 0.2) is 0 Å². The molecule has 1 saturated heterocycles. The molecule has 88 valence electrons. The minimum absolute atomic E-state index is 0.546. The van der Waals surface area contributed by atoms with Crippen LogP contribution in [0.15, 0.2) is 29.2 Å². The van der Waals surface area contributed by atoms with E-state index < -0.39 is 0 Å². The van der Waals surface area contributed by atoms with Gasteiger partial charge in [-0.25, -0.2) is 4.31 Å². The molecule has 1 heterocycles. The van der Waals surface area contributed by atoms with Crippen molar-refractivity contribution in [3.63, 3.8) is 0 Å². The summed E-state index contributed by atoms with van der Waals surface area (Å²) in [4.78, 5) is 1.37. The quantitative estimate of drug-likeness (QED) is 0.709. The molecule has 1 aliphatic rings. The molecule has 0 N–H and O–H groups in total. The molecule has 0 unspecified atom stereocenters. The zero-order chi connectivity index (χ0) is 11.6. The first-order chi connectivity index (χ1) is 7.55. The standard InChI is InChI=1S/C14H21NS/c1-12-4-6-13(7-5-12)16-15-10-8-14(2,3)9-11-15/h4-7H,8-11H2,1-3H3. The molecule has 1 aromatic carbocycles. The number of nitrogens with zero attached hydrogens (tertiary/aromatic N) is 1. The number of hydrogen-bond donors (Lipinski definition) is 0. The molecule has 16 heavy (non-hydrogen) atoms. The monoisotopic (exact) mass is 235 g/mol. The summed E-state index contributed by atoms with van der Waals surface area (Å²) in [6, 6.07) is 8.83. The zero-order valence-electron chi connectivity index (χ0n) is 10.5.